The SMILES string of the molecule is COCn1ccc(C(=O)Nc2nc3ccccc3n2C)n1. The Kier molecular flexibility index (Phi) is 3.41. The monoisotopic (exact) mass is 285 g/mol. The van der Waals surface area contributed by atoms with E-state index in [1.807, 2.05) is 35.9 Å². The molecule has 21 heavy (non-hydrogen) atoms. The summed E-state index contributed by atoms with van der Waals surface area (Å²) in [5.74, 6) is 0.186. The van der Waals surface area contributed by atoms with Gasteiger partial charge in [-0.3, -0.25) is 10.1 Å². The number of carbonyl (C=O) groups excluding carboxylic acids is 1. The average molecular weight is 285 g/mol. The molecule has 0 fully saturated rings. The number of aromatic nitrogens is 4. The van der Waals surface area contributed by atoms with E-state index in [1.165, 1.54) is 0 Å². The van der Waals surface area contributed by atoms with E-state index in [0.29, 0.717) is 18.4 Å². The molecule has 1 N–H and O–H groups in total. The predicted molar refractivity (Wildman–Crippen MR) is 77.9 cm³/mol. The Balaban J connectivity index is 1.83. The molecule has 2 heterocycles. The second-order valence-corrected chi connectivity index (χ2v) is 4.60. The largest absolute Gasteiger partial charge is 0.362 e. The van der Waals surface area contributed by atoms with Crippen LogP contribution in [-0.4, -0.2) is 32.3 Å². The third kappa shape index (κ3) is 2.50. The van der Waals surface area contributed by atoms with Crippen LogP contribution in [0.15, 0.2) is 36.5 Å². The molecule has 0 spiro atoms. The quantitative estimate of drug-likeness (QED) is 0.790. The molecule has 0 atom stereocenters. The second-order valence-electron chi connectivity index (χ2n) is 4.60. The van der Waals surface area contributed by atoms with Crippen LogP contribution in [0.4, 0.5) is 5.95 Å². The lowest BCUT2D eigenvalue weighted by atomic mass is 10.3. The Morgan fingerprint density at radius 2 is 2.14 bits per heavy atom. The van der Waals surface area contributed by atoms with E-state index in [1.54, 1.807) is 24.1 Å². The van der Waals surface area contributed by atoms with Crippen molar-refractivity contribution in [2.75, 3.05) is 12.4 Å². The predicted octanol–water partition coefficient (Wildman–Crippen LogP) is 1.63. The van der Waals surface area contributed by atoms with Crippen LogP contribution in [0.3, 0.4) is 0 Å². The minimum Gasteiger partial charge on any atom is -0.362 e. The fraction of sp³-hybridized carbons (Fsp3) is 0.214. The number of aryl methyl sites for hydroxylation is 1. The zero-order valence-corrected chi connectivity index (χ0v) is 11.8. The van der Waals surface area contributed by atoms with E-state index in [4.69, 9.17) is 4.74 Å². The minimum absolute atomic E-state index is 0.303. The number of methoxy groups -OCH3 is 1. The van der Waals surface area contributed by atoms with Gasteiger partial charge in [0.15, 0.2) is 5.69 Å². The molecule has 3 aromatic rings. The normalized spacial score (nSPS) is 11.0. The van der Waals surface area contributed by atoms with Gasteiger partial charge in [-0.1, -0.05) is 12.1 Å². The van der Waals surface area contributed by atoms with Gasteiger partial charge >= 0.3 is 0 Å². The maximum absolute atomic E-state index is 12.2. The Bertz CT molecular complexity index is 790. The van der Waals surface area contributed by atoms with E-state index in [2.05, 4.69) is 15.4 Å². The summed E-state index contributed by atoms with van der Waals surface area (Å²) >= 11 is 0. The maximum Gasteiger partial charge on any atom is 0.278 e. The van der Waals surface area contributed by atoms with Crippen molar-refractivity contribution in [2.24, 2.45) is 7.05 Å². The van der Waals surface area contributed by atoms with E-state index >= 15 is 0 Å². The van der Waals surface area contributed by atoms with Crippen molar-refractivity contribution in [1.29, 1.82) is 0 Å². The number of fused-ring (bicyclic) bond motifs is 1. The number of benzene rings is 1. The van der Waals surface area contributed by atoms with Crippen LogP contribution in [0.5, 0.6) is 0 Å². The summed E-state index contributed by atoms with van der Waals surface area (Å²) in [4.78, 5) is 16.6. The molecule has 2 aromatic heterocycles. The van der Waals surface area contributed by atoms with Crippen LogP contribution >= 0.6 is 0 Å². The molecule has 0 bridgehead atoms. The van der Waals surface area contributed by atoms with Gasteiger partial charge in [0, 0.05) is 20.4 Å². The molecule has 0 aliphatic carbocycles. The molecule has 0 unspecified atom stereocenters. The van der Waals surface area contributed by atoms with Gasteiger partial charge in [-0.25, -0.2) is 9.67 Å². The number of ether oxygens (including phenoxy) is 1. The highest BCUT2D eigenvalue weighted by molar-refractivity contribution is 6.02. The first-order valence-electron chi connectivity index (χ1n) is 6.44. The first-order valence-corrected chi connectivity index (χ1v) is 6.44. The van der Waals surface area contributed by atoms with Crippen molar-refractivity contribution in [1.82, 2.24) is 19.3 Å². The lowest BCUT2D eigenvalue weighted by Crippen LogP contribution is -2.16. The minimum atomic E-state index is -0.303. The summed E-state index contributed by atoms with van der Waals surface area (Å²) in [7, 11) is 3.43. The molecular weight excluding hydrogens is 270 g/mol. The number of hydrogen-bond acceptors (Lipinski definition) is 4. The van der Waals surface area contributed by atoms with Gasteiger partial charge in [0.2, 0.25) is 5.95 Å². The number of imidazole rings is 1. The molecule has 0 aliphatic rings. The average Bonchev–Trinajstić information content (AvgIpc) is 3.06. The number of rotatable bonds is 4. The second kappa shape index (κ2) is 5.37. The van der Waals surface area contributed by atoms with E-state index in [0.717, 1.165) is 11.0 Å². The number of para-hydroxylation sites is 2. The van der Waals surface area contributed by atoms with Crippen molar-refractivity contribution in [3.8, 4) is 0 Å². The smallest absolute Gasteiger partial charge is 0.278 e. The summed E-state index contributed by atoms with van der Waals surface area (Å²) < 4.78 is 8.33. The van der Waals surface area contributed by atoms with Gasteiger partial charge in [0.05, 0.1) is 11.0 Å². The van der Waals surface area contributed by atoms with Gasteiger partial charge in [0.1, 0.15) is 6.73 Å². The third-order valence-electron chi connectivity index (χ3n) is 3.15. The van der Waals surface area contributed by atoms with Crippen LogP contribution in [-0.2, 0) is 18.5 Å². The highest BCUT2D eigenvalue weighted by Crippen LogP contribution is 2.17. The van der Waals surface area contributed by atoms with Crippen LogP contribution < -0.4 is 5.32 Å². The van der Waals surface area contributed by atoms with Gasteiger partial charge < -0.3 is 9.30 Å². The van der Waals surface area contributed by atoms with Crippen LogP contribution in [0, 0.1) is 0 Å². The number of nitrogens with one attached hydrogen (secondary N) is 1. The Hall–Kier alpha value is -2.67. The van der Waals surface area contributed by atoms with E-state index < -0.39 is 0 Å². The van der Waals surface area contributed by atoms with Crippen molar-refractivity contribution in [3.63, 3.8) is 0 Å². The van der Waals surface area contributed by atoms with Gasteiger partial charge in [-0.2, -0.15) is 5.10 Å². The number of hydrogen-bond donors (Lipinski definition) is 1. The molecule has 7 nitrogen and oxygen atoms in total. The molecule has 0 aliphatic heterocycles. The topological polar surface area (TPSA) is 74.0 Å². The number of amides is 1. The molecular formula is C14H15N5O2. The van der Waals surface area contributed by atoms with Crippen molar-refractivity contribution in [3.05, 3.63) is 42.2 Å². The van der Waals surface area contributed by atoms with Crippen molar-refractivity contribution < 1.29 is 9.53 Å². The number of anilines is 1. The summed E-state index contributed by atoms with van der Waals surface area (Å²) in [6, 6.07) is 9.33. The summed E-state index contributed by atoms with van der Waals surface area (Å²) in [6.45, 7) is 0.305. The zero-order chi connectivity index (χ0) is 14.8. The lowest BCUT2D eigenvalue weighted by molar-refractivity contribution is 0.101. The molecule has 0 radical (unpaired) electrons. The summed E-state index contributed by atoms with van der Waals surface area (Å²) in [6.07, 6.45) is 1.69. The molecule has 108 valence electrons. The highest BCUT2D eigenvalue weighted by atomic mass is 16.5. The molecule has 0 saturated carbocycles. The fourth-order valence-electron chi connectivity index (χ4n) is 2.11. The van der Waals surface area contributed by atoms with Crippen molar-refractivity contribution >= 4 is 22.9 Å². The van der Waals surface area contributed by atoms with Crippen molar-refractivity contribution in [2.45, 2.75) is 6.73 Å². The van der Waals surface area contributed by atoms with Gasteiger partial charge in [-0.05, 0) is 18.2 Å². The molecule has 1 amide bonds. The third-order valence-corrected chi connectivity index (χ3v) is 3.15. The molecule has 0 saturated heterocycles. The van der Waals surface area contributed by atoms with Crippen LogP contribution in [0.2, 0.25) is 0 Å². The first kappa shape index (κ1) is 13.3. The summed E-state index contributed by atoms with van der Waals surface area (Å²) in [5, 5.41) is 6.89. The first-order chi connectivity index (χ1) is 10.2. The van der Waals surface area contributed by atoms with Gasteiger partial charge in [-0.15, -0.1) is 0 Å². The highest BCUT2D eigenvalue weighted by Gasteiger charge is 2.14. The fourth-order valence-corrected chi connectivity index (χ4v) is 2.11. The summed E-state index contributed by atoms with van der Waals surface area (Å²) in [5.41, 5.74) is 2.11. The molecule has 7 heteroatoms. The molecule has 3 rings (SSSR count). The van der Waals surface area contributed by atoms with E-state index in [9.17, 15) is 4.79 Å². The molecule has 1 aromatic carbocycles. The standard InChI is InChI=1S/C14H15N5O2/c1-18-12-6-4-3-5-10(12)15-14(18)16-13(20)11-7-8-19(17-11)9-21-2/h3-8H,9H2,1-2H3,(H,15,16,20). The Morgan fingerprint density at radius 1 is 1.33 bits per heavy atom. The van der Waals surface area contributed by atoms with E-state index in [-0.39, 0.29) is 5.91 Å². The number of carbonyl (C=O) groups is 1. The van der Waals surface area contributed by atoms with Gasteiger partial charge in [0.25, 0.3) is 5.91 Å². The lowest BCUT2D eigenvalue weighted by Gasteiger charge is -2.03. The Morgan fingerprint density at radius 3 is 2.90 bits per heavy atom. The van der Waals surface area contributed by atoms with Crippen LogP contribution in [0.25, 0.3) is 11.0 Å². The van der Waals surface area contributed by atoms with Crippen LogP contribution in [0.1, 0.15) is 10.5 Å². The Labute approximate surface area is 121 Å². The zero-order valence-electron chi connectivity index (χ0n) is 11.8. The number of nitrogens with zero attached hydrogens (tertiary/aromatic N) is 4. The maximum atomic E-state index is 12.2.